The average molecular weight is 250 g/mol. The van der Waals surface area contributed by atoms with Crippen molar-refractivity contribution < 1.29 is 13.2 Å². The molecule has 1 heterocycles. The standard InChI is InChI=1S/C12H21F3N2/c1-3-16-8-10(2)9-17-6-4-11(5-7-17)12(13,14)15/h11,16H,2-9H2,1H3. The number of likely N-dealkylation sites (tertiary alicyclic amines) is 1. The Morgan fingerprint density at radius 3 is 2.41 bits per heavy atom. The van der Waals surface area contributed by atoms with Crippen LogP contribution in [0.2, 0.25) is 0 Å². The van der Waals surface area contributed by atoms with Gasteiger partial charge in [-0.15, -0.1) is 0 Å². The van der Waals surface area contributed by atoms with Gasteiger partial charge in [0.1, 0.15) is 0 Å². The molecule has 1 aliphatic rings. The zero-order chi connectivity index (χ0) is 12.9. The van der Waals surface area contributed by atoms with Crippen LogP contribution in [-0.4, -0.2) is 43.8 Å². The molecule has 0 saturated carbocycles. The SMILES string of the molecule is C=C(CNCC)CN1CCC(C(F)(F)F)CC1. The normalized spacial score (nSPS) is 19.5. The fourth-order valence-corrected chi connectivity index (χ4v) is 2.09. The largest absolute Gasteiger partial charge is 0.391 e. The van der Waals surface area contributed by atoms with Crippen LogP contribution in [0.3, 0.4) is 0 Å². The van der Waals surface area contributed by atoms with Gasteiger partial charge in [0.2, 0.25) is 0 Å². The summed E-state index contributed by atoms with van der Waals surface area (Å²) in [7, 11) is 0. The molecular formula is C12H21F3N2. The van der Waals surface area contributed by atoms with E-state index in [4.69, 9.17) is 0 Å². The fraction of sp³-hybridized carbons (Fsp3) is 0.833. The number of nitrogens with zero attached hydrogens (tertiary/aromatic N) is 1. The minimum absolute atomic E-state index is 0.220. The topological polar surface area (TPSA) is 15.3 Å². The van der Waals surface area contributed by atoms with E-state index in [1.165, 1.54) is 0 Å². The number of hydrogen-bond acceptors (Lipinski definition) is 2. The highest BCUT2D eigenvalue weighted by atomic mass is 19.4. The highest BCUT2D eigenvalue weighted by Crippen LogP contribution is 2.34. The van der Waals surface area contributed by atoms with Crippen LogP contribution in [0, 0.1) is 5.92 Å². The molecule has 1 saturated heterocycles. The van der Waals surface area contributed by atoms with E-state index in [-0.39, 0.29) is 12.8 Å². The van der Waals surface area contributed by atoms with E-state index in [9.17, 15) is 13.2 Å². The second-order valence-corrected chi connectivity index (χ2v) is 4.62. The third-order valence-electron chi connectivity index (χ3n) is 3.12. The second-order valence-electron chi connectivity index (χ2n) is 4.62. The Labute approximate surface area is 101 Å². The van der Waals surface area contributed by atoms with E-state index in [0.717, 1.165) is 18.7 Å². The monoisotopic (exact) mass is 250 g/mol. The minimum Gasteiger partial charge on any atom is -0.313 e. The average Bonchev–Trinajstić information content (AvgIpc) is 2.26. The lowest BCUT2D eigenvalue weighted by atomic mass is 9.96. The summed E-state index contributed by atoms with van der Waals surface area (Å²) < 4.78 is 37.4. The van der Waals surface area contributed by atoms with Crippen LogP contribution >= 0.6 is 0 Å². The van der Waals surface area contributed by atoms with E-state index >= 15 is 0 Å². The van der Waals surface area contributed by atoms with Crippen molar-refractivity contribution in [3.05, 3.63) is 12.2 Å². The summed E-state index contributed by atoms with van der Waals surface area (Å²) in [6, 6.07) is 0. The Morgan fingerprint density at radius 2 is 1.94 bits per heavy atom. The molecule has 0 atom stereocenters. The molecule has 0 radical (unpaired) electrons. The molecule has 2 nitrogen and oxygen atoms in total. The minimum atomic E-state index is -4.02. The van der Waals surface area contributed by atoms with E-state index in [2.05, 4.69) is 16.8 Å². The molecule has 0 aromatic carbocycles. The summed E-state index contributed by atoms with van der Waals surface area (Å²) >= 11 is 0. The Balaban J connectivity index is 2.25. The maximum Gasteiger partial charge on any atom is 0.391 e. The molecule has 0 aromatic rings. The molecule has 1 fully saturated rings. The number of piperidine rings is 1. The van der Waals surface area contributed by atoms with Crippen molar-refractivity contribution in [1.29, 1.82) is 0 Å². The molecular weight excluding hydrogens is 229 g/mol. The van der Waals surface area contributed by atoms with Crippen molar-refractivity contribution in [2.45, 2.75) is 25.9 Å². The molecule has 5 heteroatoms. The Bertz CT molecular complexity index is 243. The van der Waals surface area contributed by atoms with Gasteiger partial charge in [-0.1, -0.05) is 13.5 Å². The third kappa shape index (κ3) is 5.08. The Morgan fingerprint density at radius 1 is 1.35 bits per heavy atom. The van der Waals surface area contributed by atoms with E-state index in [1.807, 2.05) is 6.92 Å². The van der Waals surface area contributed by atoms with Crippen LogP contribution in [0.1, 0.15) is 19.8 Å². The molecule has 17 heavy (non-hydrogen) atoms. The molecule has 1 aliphatic heterocycles. The summed E-state index contributed by atoms with van der Waals surface area (Å²) in [5.41, 5.74) is 1.04. The predicted molar refractivity (Wildman–Crippen MR) is 62.9 cm³/mol. The molecule has 0 amide bonds. The Hall–Kier alpha value is -0.550. The summed E-state index contributed by atoms with van der Waals surface area (Å²) in [5, 5.41) is 3.16. The molecule has 0 bridgehead atoms. The summed E-state index contributed by atoms with van der Waals surface area (Å²) in [6.07, 6.45) is -3.58. The van der Waals surface area contributed by atoms with Gasteiger partial charge in [0.05, 0.1) is 5.92 Å². The van der Waals surface area contributed by atoms with Gasteiger partial charge in [-0.25, -0.2) is 0 Å². The van der Waals surface area contributed by atoms with Crippen molar-refractivity contribution in [1.82, 2.24) is 10.2 Å². The molecule has 0 unspecified atom stereocenters. The first kappa shape index (κ1) is 14.5. The van der Waals surface area contributed by atoms with Crippen LogP contribution in [0.4, 0.5) is 13.2 Å². The van der Waals surface area contributed by atoms with Crippen LogP contribution in [-0.2, 0) is 0 Å². The van der Waals surface area contributed by atoms with Gasteiger partial charge in [-0.05, 0) is 38.0 Å². The molecule has 0 aliphatic carbocycles. The van der Waals surface area contributed by atoms with Gasteiger partial charge in [0.15, 0.2) is 0 Å². The van der Waals surface area contributed by atoms with Crippen molar-refractivity contribution in [3.8, 4) is 0 Å². The number of nitrogens with one attached hydrogen (secondary N) is 1. The lowest BCUT2D eigenvalue weighted by molar-refractivity contribution is -0.184. The zero-order valence-corrected chi connectivity index (χ0v) is 10.3. The quantitative estimate of drug-likeness (QED) is 0.754. The number of rotatable bonds is 5. The highest BCUT2D eigenvalue weighted by molar-refractivity contribution is 5.00. The van der Waals surface area contributed by atoms with Crippen LogP contribution in [0.5, 0.6) is 0 Å². The van der Waals surface area contributed by atoms with Gasteiger partial charge >= 0.3 is 6.18 Å². The first-order valence-corrected chi connectivity index (χ1v) is 6.10. The van der Waals surface area contributed by atoms with Crippen molar-refractivity contribution in [2.75, 3.05) is 32.7 Å². The Kier molecular flexibility index (Phi) is 5.46. The van der Waals surface area contributed by atoms with Gasteiger partial charge in [0.25, 0.3) is 0 Å². The highest BCUT2D eigenvalue weighted by Gasteiger charge is 2.40. The summed E-state index contributed by atoms with van der Waals surface area (Å²) in [5.74, 6) is -1.11. The molecule has 100 valence electrons. The van der Waals surface area contributed by atoms with Gasteiger partial charge in [0, 0.05) is 13.1 Å². The van der Waals surface area contributed by atoms with Crippen LogP contribution in [0.25, 0.3) is 0 Å². The van der Waals surface area contributed by atoms with Crippen LogP contribution in [0.15, 0.2) is 12.2 Å². The molecule has 1 N–H and O–H groups in total. The van der Waals surface area contributed by atoms with Gasteiger partial charge in [-0.2, -0.15) is 13.2 Å². The van der Waals surface area contributed by atoms with Gasteiger partial charge < -0.3 is 5.32 Å². The first-order valence-electron chi connectivity index (χ1n) is 6.10. The lowest BCUT2D eigenvalue weighted by Gasteiger charge is -2.33. The molecule has 1 rings (SSSR count). The number of alkyl halides is 3. The second kappa shape index (κ2) is 6.40. The fourth-order valence-electron chi connectivity index (χ4n) is 2.09. The number of hydrogen-bond donors (Lipinski definition) is 1. The molecule has 0 spiro atoms. The molecule has 0 aromatic heterocycles. The first-order chi connectivity index (χ1) is 7.93. The van der Waals surface area contributed by atoms with Crippen molar-refractivity contribution in [2.24, 2.45) is 5.92 Å². The maximum atomic E-state index is 12.5. The summed E-state index contributed by atoms with van der Waals surface area (Å²) in [4.78, 5) is 2.06. The predicted octanol–water partition coefficient (Wildman–Crippen LogP) is 2.43. The van der Waals surface area contributed by atoms with Crippen LogP contribution < -0.4 is 5.32 Å². The maximum absolute atomic E-state index is 12.5. The smallest absolute Gasteiger partial charge is 0.313 e. The zero-order valence-electron chi connectivity index (χ0n) is 10.3. The lowest BCUT2D eigenvalue weighted by Crippen LogP contribution is -2.40. The van der Waals surface area contributed by atoms with E-state index in [0.29, 0.717) is 19.6 Å². The summed E-state index contributed by atoms with van der Waals surface area (Å²) in [6.45, 7) is 9.33. The van der Waals surface area contributed by atoms with E-state index in [1.54, 1.807) is 0 Å². The third-order valence-corrected chi connectivity index (χ3v) is 3.12. The van der Waals surface area contributed by atoms with Gasteiger partial charge in [-0.3, -0.25) is 4.90 Å². The van der Waals surface area contributed by atoms with Crippen molar-refractivity contribution in [3.63, 3.8) is 0 Å². The number of likely N-dealkylation sites (N-methyl/N-ethyl adjacent to an activating group) is 1. The van der Waals surface area contributed by atoms with Crippen molar-refractivity contribution >= 4 is 0 Å². The van der Waals surface area contributed by atoms with E-state index < -0.39 is 12.1 Å². The number of halogens is 3.